The molecule has 54 heavy (non-hydrogen) atoms. The number of benzene rings is 8. The minimum absolute atomic E-state index is 1.14. The second kappa shape index (κ2) is 12.9. The van der Waals surface area contributed by atoms with Crippen LogP contribution in [0.15, 0.2) is 181 Å². The van der Waals surface area contributed by atoms with Crippen LogP contribution in [-0.4, -0.2) is 0 Å². The van der Waals surface area contributed by atoms with E-state index in [1.807, 2.05) is 36.0 Å². The third kappa shape index (κ3) is 4.84. The Morgan fingerprint density at radius 3 is 1.65 bits per heavy atom. The highest BCUT2D eigenvalue weighted by Gasteiger charge is 2.21. The number of hydrogen-bond donors (Lipinski definition) is 0. The van der Waals surface area contributed by atoms with Gasteiger partial charge >= 0.3 is 0 Å². The highest BCUT2D eigenvalue weighted by molar-refractivity contribution is 7.26. The first kappa shape index (κ1) is 32.2. The van der Waals surface area contributed by atoms with Crippen molar-refractivity contribution in [3.8, 4) is 33.4 Å². The molecule has 256 valence electrons. The zero-order valence-corrected chi connectivity index (χ0v) is 31.0. The molecule has 0 bridgehead atoms. The monoisotopic (exact) mass is 708 g/mol. The molecule has 0 radical (unpaired) electrons. The highest BCUT2D eigenvalue weighted by atomic mass is 32.1. The SMILES string of the molecule is C=C/C=C\C(=C/C)c1c2ccccc2c(-c2cccc3c2sc2ccc(-c4c5ccccc5c(-c5cocc5C)c5ccccc45)cc23)c2ccccc12. The summed E-state index contributed by atoms with van der Waals surface area (Å²) in [6.07, 6.45) is 12.0. The van der Waals surface area contributed by atoms with Crippen molar-refractivity contribution in [2.45, 2.75) is 13.8 Å². The van der Waals surface area contributed by atoms with E-state index in [1.54, 1.807) is 0 Å². The summed E-state index contributed by atoms with van der Waals surface area (Å²) in [6.45, 7) is 8.18. The lowest BCUT2D eigenvalue weighted by Gasteiger charge is -2.18. The van der Waals surface area contributed by atoms with Crippen LogP contribution >= 0.6 is 11.3 Å². The Bertz CT molecular complexity index is 3090. The lowest BCUT2D eigenvalue weighted by atomic mass is 9.85. The van der Waals surface area contributed by atoms with Gasteiger partial charge in [0.25, 0.3) is 0 Å². The van der Waals surface area contributed by atoms with Crippen LogP contribution in [0.2, 0.25) is 0 Å². The van der Waals surface area contributed by atoms with Gasteiger partial charge in [-0.1, -0.05) is 152 Å². The molecule has 2 aromatic heterocycles. The van der Waals surface area contributed by atoms with E-state index in [-0.39, 0.29) is 0 Å². The second-order valence-electron chi connectivity index (χ2n) is 14.0. The molecule has 0 amide bonds. The molecule has 0 fully saturated rings. The molecule has 0 saturated carbocycles. The second-order valence-corrected chi connectivity index (χ2v) is 15.0. The Kier molecular flexibility index (Phi) is 7.68. The topological polar surface area (TPSA) is 13.1 Å². The molecule has 1 nitrogen and oxygen atoms in total. The van der Waals surface area contributed by atoms with Crippen molar-refractivity contribution >= 4 is 80.2 Å². The van der Waals surface area contributed by atoms with E-state index in [1.165, 1.54) is 102 Å². The maximum Gasteiger partial charge on any atom is 0.0984 e. The van der Waals surface area contributed by atoms with Crippen LogP contribution in [0.1, 0.15) is 18.1 Å². The Morgan fingerprint density at radius 1 is 0.556 bits per heavy atom. The maximum absolute atomic E-state index is 5.71. The van der Waals surface area contributed by atoms with Crippen LogP contribution in [-0.2, 0) is 0 Å². The van der Waals surface area contributed by atoms with Crippen molar-refractivity contribution in [2.24, 2.45) is 0 Å². The summed E-state index contributed by atoms with van der Waals surface area (Å²) in [5.41, 5.74) is 11.0. The van der Waals surface area contributed by atoms with Crippen molar-refractivity contribution in [3.63, 3.8) is 0 Å². The van der Waals surface area contributed by atoms with E-state index in [2.05, 4.69) is 166 Å². The maximum atomic E-state index is 5.71. The smallest absolute Gasteiger partial charge is 0.0984 e. The summed E-state index contributed by atoms with van der Waals surface area (Å²) in [5, 5.41) is 12.5. The first-order valence-electron chi connectivity index (χ1n) is 18.5. The zero-order chi connectivity index (χ0) is 36.3. The third-order valence-corrected chi connectivity index (χ3v) is 12.3. The predicted molar refractivity (Wildman–Crippen MR) is 236 cm³/mol. The summed E-state index contributed by atoms with van der Waals surface area (Å²) >= 11 is 1.90. The average molecular weight is 709 g/mol. The average Bonchev–Trinajstić information content (AvgIpc) is 3.82. The fraction of sp³-hybridized carbons (Fsp3) is 0.0385. The fourth-order valence-corrected chi connectivity index (χ4v) is 9.93. The van der Waals surface area contributed by atoms with Gasteiger partial charge in [0.2, 0.25) is 0 Å². The van der Waals surface area contributed by atoms with Gasteiger partial charge in [0.05, 0.1) is 12.5 Å². The Labute approximate surface area is 318 Å². The molecule has 0 aliphatic rings. The molecule has 0 unspecified atom stereocenters. The van der Waals surface area contributed by atoms with Gasteiger partial charge in [-0.3, -0.25) is 0 Å². The van der Waals surface area contributed by atoms with Gasteiger partial charge in [0, 0.05) is 36.9 Å². The van der Waals surface area contributed by atoms with Gasteiger partial charge in [-0.05, 0) is 102 Å². The zero-order valence-electron chi connectivity index (χ0n) is 30.2. The summed E-state index contributed by atoms with van der Waals surface area (Å²) in [6, 6.07) is 49.4. The molecule has 0 aliphatic heterocycles. The number of aryl methyl sites for hydroxylation is 1. The Morgan fingerprint density at radius 2 is 1.09 bits per heavy atom. The van der Waals surface area contributed by atoms with E-state index in [4.69, 9.17) is 4.42 Å². The Balaban J connectivity index is 1.24. The molecular formula is C52H36OS. The number of fused-ring (bicyclic) bond motifs is 7. The summed E-state index contributed by atoms with van der Waals surface area (Å²) < 4.78 is 8.31. The van der Waals surface area contributed by atoms with Gasteiger partial charge < -0.3 is 4.42 Å². The standard InChI is InChI=1S/C52H36OS/c1-4-6-16-33(5-2)48-35-17-7-11-21-39(35)50(40-22-12-8-18-36(40)48)44-26-15-25-43-45-29-34(27-28-47(45)54-52(43)44)49-37-19-9-13-23-41(37)51(46-31-53-30-32(46)3)42-24-14-10-20-38(42)49/h4-31H,1H2,2-3H3/b16-6-,33-5+. The highest BCUT2D eigenvalue weighted by Crippen LogP contribution is 2.49. The van der Waals surface area contributed by atoms with Crippen LogP contribution in [0.5, 0.6) is 0 Å². The number of thiophene rings is 1. The largest absolute Gasteiger partial charge is 0.472 e. The normalized spacial score (nSPS) is 12.4. The van der Waals surface area contributed by atoms with Crippen molar-refractivity contribution in [1.82, 2.24) is 0 Å². The van der Waals surface area contributed by atoms with Crippen LogP contribution in [0.25, 0.3) is 102 Å². The first-order chi connectivity index (χ1) is 26.7. The molecular weight excluding hydrogens is 673 g/mol. The number of furan rings is 1. The van der Waals surface area contributed by atoms with Gasteiger partial charge in [-0.25, -0.2) is 0 Å². The predicted octanol–water partition coefficient (Wildman–Crippen LogP) is 15.7. The lowest BCUT2D eigenvalue weighted by Crippen LogP contribution is -1.93. The first-order valence-corrected chi connectivity index (χ1v) is 19.3. The summed E-state index contributed by atoms with van der Waals surface area (Å²) in [5.74, 6) is 0. The van der Waals surface area contributed by atoms with Crippen LogP contribution in [0, 0.1) is 6.92 Å². The molecule has 10 rings (SSSR count). The molecule has 2 heteroatoms. The third-order valence-electron chi connectivity index (χ3n) is 11.1. The van der Waals surface area contributed by atoms with Crippen molar-refractivity contribution in [3.05, 3.63) is 188 Å². The molecule has 10 aromatic rings. The molecule has 2 heterocycles. The van der Waals surface area contributed by atoms with Crippen LogP contribution < -0.4 is 0 Å². The van der Waals surface area contributed by atoms with E-state index in [0.29, 0.717) is 0 Å². The van der Waals surface area contributed by atoms with Gasteiger partial charge in [-0.2, -0.15) is 0 Å². The van der Waals surface area contributed by atoms with Crippen LogP contribution in [0.3, 0.4) is 0 Å². The van der Waals surface area contributed by atoms with E-state index in [0.717, 1.165) is 11.1 Å². The minimum Gasteiger partial charge on any atom is -0.472 e. The van der Waals surface area contributed by atoms with E-state index in [9.17, 15) is 0 Å². The molecule has 0 spiro atoms. The van der Waals surface area contributed by atoms with Gasteiger partial charge in [0.1, 0.15) is 0 Å². The van der Waals surface area contributed by atoms with E-state index >= 15 is 0 Å². The van der Waals surface area contributed by atoms with Gasteiger partial charge in [-0.15, -0.1) is 11.3 Å². The van der Waals surface area contributed by atoms with Gasteiger partial charge in [0.15, 0.2) is 0 Å². The number of hydrogen-bond acceptors (Lipinski definition) is 2. The molecule has 0 saturated heterocycles. The number of rotatable bonds is 6. The lowest BCUT2D eigenvalue weighted by molar-refractivity contribution is 0.566. The molecule has 8 aromatic carbocycles. The fourth-order valence-electron chi connectivity index (χ4n) is 8.72. The molecule has 0 N–H and O–H groups in total. The molecule has 0 aliphatic carbocycles. The van der Waals surface area contributed by atoms with E-state index < -0.39 is 0 Å². The molecule has 0 atom stereocenters. The van der Waals surface area contributed by atoms with Crippen molar-refractivity contribution in [2.75, 3.05) is 0 Å². The minimum atomic E-state index is 1.14. The van der Waals surface area contributed by atoms with Crippen molar-refractivity contribution < 1.29 is 4.42 Å². The van der Waals surface area contributed by atoms with Crippen LogP contribution in [0.4, 0.5) is 0 Å². The Hall–Kier alpha value is -6.48. The number of allylic oxidation sites excluding steroid dienone is 5. The summed E-state index contributed by atoms with van der Waals surface area (Å²) in [7, 11) is 0. The van der Waals surface area contributed by atoms with Crippen molar-refractivity contribution in [1.29, 1.82) is 0 Å². The quantitative estimate of drug-likeness (QED) is 0.124. The summed E-state index contributed by atoms with van der Waals surface area (Å²) in [4.78, 5) is 0.